The summed E-state index contributed by atoms with van der Waals surface area (Å²) in [7, 11) is -3.76. The van der Waals surface area contributed by atoms with Crippen molar-refractivity contribution in [1.82, 2.24) is 4.31 Å². The first-order valence-electron chi connectivity index (χ1n) is 8.61. The van der Waals surface area contributed by atoms with E-state index in [1.54, 1.807) is 36.4 Å². The molecule has 0 fully saturated rings. The van der Waals surface area contributed by atoms with Crippen LogP contribution >= 0.6 is 0 Å². The normalized spacial score (nSPS) is 11.8. The predicted molar refractivity (Wildman–Crippen MR) is 113 cm³/mol. The van der Waals surface area contributed by atoms with Crippen molar-refractivity contribution in [1.29, 1.82) is 0 Å². The lowest BCUT2D eigenvalue weighted by Gasteiger charge is -2.20. The Morgan fingerprint density at radius 2 is 1.82 bits per heavy atom. The summed E-state index contributed by atoms with van der Waals surface area (Å²) in [5.74, 6) is 0. The maximum absolute atomic E-state index is 13.0. The fourth-order valence-corrected chi connectivity index (χ4v) is 3.77. The summed E-state index contributed by atoms with van der Waals surface area (Å²) < 4.78 is 27.2. The van der Waals surface area contributed by atoms with E-state index >= 15 is 0 Å². The Morgan fingerprint density at radius 3 is 2.46 bits per heavy atom. The van der Waals surface area contributed by atoms with E-state index in [1.807, 2.05) is 49.4 Å². The van der Waals surface area contributed by atoms with E-state index in [0.29, 0.717) is 0 Å². The zero-order chi connectivity index (χ0) is 20.4. The number of hydrogen-bond acceptors (Lipinski definition) is 3. The summed E-state index contributed by atoms with van der Waals surface area (Å²) in [5, 5.41) is 3.41. The van der Waals surface area contributed by atoms with Crippen molar-refractivity contribution in [3.63, 3.8) is 0 Å². The van der Waals surface area contributed by atoms with Crippen LogP contribution < -0.4 is 0 Å². The van der Waals surface area contributed by atoms with Crippen LogP contribution in [-0.2, 0) is 10.0 Å². The van der Waals surface area contributed by atoms with E-state index in [-0.39, 0.29) is 23.7 Å². The third-order valence-corrected chi connectivity index (χ3v) is 5.67. The number of nitrogens with zero attached hydrogens (tertiary/aromatic N) is 4. The number of hydrogen-bond donors (Lipinski definition) is 0. The molecule has 28 heavy (non-hydrogen) atoms. The quantitative estimate of drug-likeness (QED) is 0.257. The summed E-state index contributed by atoms with van der Waals surface area (Å²) >= 11 is 0. The third-order valence-electron chi connectivity index (χ3n) is 3.85. The van der Waals surface area contributed by atoms with Gasteiger partial charge >= 0.3 is 0 Å². The van der Waals surface area contributed by atoms with Crippen molar-refractivity contribution < 1.29 is 8.42 Å². The SMILES string of the molecule is C=C(CN(C/C=C/C=C/c1ccccc1)S(=O)(=O)c1ccc(C)cc1)N=[N+]=[N-]. The number of rotatable bonds is 9. The van der Waals surface area contributed by atoms with Crippen molar-refractivity contribution in [2.24, 2.45) is 5.11 Å². The molecular formula is C21H22N4O2S. The smallest absolute Gasteiger partial charge is 0.207 e. The van der Waals surface area contributed by atoms with Crippen LogP contribution in [0.15, 0.2) is 95.1 Å². The van der Waals surface area contributed by atoms with E-state index in [0.717, 1.165) is 11.1 Å². The molecule has 0 N–H and O–H groups in total. The highest BCUT2D eigenvalue weighted by molar-refractivity contribution is 7.89. The van der Waals surface area contributed by atoms with Crippen molar-refractivity contribution in [2.45, 2.75) is 11.8 Å². The van der Waals surface area contributed by atoms with Gasteiger partial charge in [-0.15, -0.1) is 0 Å². The van der Waals surface area contributed by atoms with Crippen molar-refractivity contribution in [3.05, 3.63) is 107 Å². The third kappa shape index (κ3) is 6.25. The van der Waals surface area contributed by atoms with Crippen LogP contribution in [0.4, 0.5) is 0 Å². The molecule has 0 heterocycles. The standard InChI is InChI=1S/C21H22N4O2S/c1-18-12-14-21(15-13-18)28(26,27)25(17-19(2)23-24-22)16-8-4-7-11-20-9-5-3-6-10-20/h3-15H,2,16-17H2,1H3/b8-4+,11-7+. The second-order valence-corrected chi connectivity index (χ2v) is 8.00. The minimum atomic E-state index is -3.76. The van der Waals surface area contributed by atoms with Gasteiger partial charge < -0.3 is 0 Å². The first-order chi connectivity index (χ1) is 13.4. The Balaban J connectivity index is 2.17. The van der Waals surface area contributed by atoms with Crippen molar-refractivity contribution in [3.8, 4) is 0 Å². The molecule has 0 aliphatic heterocycles. The van der Waals surface area contributed by atoms with E-state index in [9.17, 15) is 8.42 Å². The minimum absolute atomic E-state index is 0.0903. The Morgan fingerprint density at radius 1 is 1.14 bits per heavy atom. The minimum Gasteiger partial charge on any atom is -0.207 e. The van der Waals surface area contributed by atoms with E-state index in [2.05, 4.69) is 16.6 Å². The van der Waals surface area contributed by atoms with E-state index in [1.165, 1.54) is 4.31 Å². The van der Waals surface area contributed by atoms with Crippen LogP contribution in [0, 0.1) is 6.92 Å². The van der Waals surface area contributed by atoms with Crippen LogP contribution in [0.3, 0.4) is 0 Å². The number of aryl methyl sites for hydroxylation is 1. The average Bonchev–Trinajstić information content (AvgIpc) is 2.68. The van der Waals surface area contributed by atoms with Crippen LogP contribution in [0.5, 0.6) is 0 Å². The highest BCUT2D eigenvalue weighted by atomic mass is 32.2. The molecule has 0 spiro atoms. The molecule has 0 aliphatic carbocycles. The lowest BCUT2D eigenvalue weighted by Crippen LogP contribution is -2.32. The van der Waals surface area contributed by atoms with Gasteiger partial charge in [-0.05, 0) is 30.2 Å². The molecule has 2 aromatic carbocycles. The summed E-state index contributed by atoms with van der Waals surface area (Å²) in [6.45, 7) is 5.54. The summed E-state index contributed by atoms with van der Waals surface area (Å²) in [6.07, 6.45) is 7.28. The first-order valence-corrected chi connectivity index (χ1v) is 10.1. The van der Waals surface area contributed by atoms with Crippen LogP contribution in [-0.4, -0.2) is 25.8 Å². The summed E-state index contributed by atoms with van der Waals surface area (Å²) in [6, 6.07) is 16.4. The predicted octanol–water partition coefficient (Wildman–Crippen LogP) is 5.08. The molecule has 0 aromatic heterocycles. The van der Waals surface area contributed by atoms with Gasteiger partial charge in [0.05, 0.1) is 4.90 Å². The average molecular weight is 395 g/mol. The lowest BCUT2D eigenvalue weighted by atomic mass is 10.2. The van der Waals surface area contributed by atoms with Gasteiger partial charge in [-0.1, -0.05) is 84.0 Å². The molecule has 144 valence electrons. The topological polar surface area (TPSA) is 86.1 Å². The fraction of sp³-hybridized carbons (Fsp3) is 0.143. The molecular weight excluding hydrogens is 372 g/mol. The second kappa shape index (κ2) is 10.3. The lowest BCUT2D eigenvalue weighted by molar-refractivity contribution is 0.466. The van der Waals surface area contributed by atoms with Gasteiger partial charge in [0.25, 0.3) is 0 Å². The zero-order valence-corrected chi connectivity index (χ0v) is 16.5. The Labute approximate surface area is 165 Å². The van der Waals surface area contributed by atoms with Crippen molar-refractivity contribution in [2.75, 3.05) is 13.1 Å². The van der Waals surface area contributed by atoms with Gasteiger partial charge in [-0.3, -0.25) is 0 Å². The molecule has 2 rings (SSSR count). The van der Waals surface area contributed by atoms with E-state index < -0.39 is 10.0 Å². The maximum atomic E-state index is 13.0. The molecule has 0 aliphatic rings. The molecule has 0 saturated heterocycles. The molecule has 6 nitrogen and oxygen atoms in total. The van der Waals surface area contributed by atoms with Gasteiger partial charge in [0.15, 0.2) is 0 Å². The molecule has 0 amide bonds. The molecule has 0 bridgehead atoms. The van der Waals surface area contributed by atoms with Gasteiger partial charge in [-0.25, -0.2) is 8.42 Å². The number of azide groups is 1. The molecule has 0 saturated carbocycles. The molecule has 0 radical (unpaired) electrons. The highest BCUT2D eigenvalue weighted by Crippen LogP contribution is 2.18. The fourth-order valence-electron chi connectivity index (χ4n) is 2.39. The van der Waals surface area contributed by atoms with Gasteiger partial charge in [0.1, 0.15) is 0 Å². The Hall–Kier alpha value is -3.12. The Bertz CT molecular complexity index is 1000. The Kier molecular flexibility index (Phi) is 7.77. The molecule has 7 heteroatoms. The van der Waals surface area contributed by atoms with Gasteiger partial charge in [-0.2, -0.15) is 4.31 Å². The van der Waals surface area contributed by atoms with E-state index in [4.69, 9.17) is 5.53 Å². The summed E-state index contributed by atoms with van der Waals surface area (Å²) in [5.41, 5.74) is 10.7. The van der Waals surface area contributed by atoms with Crippen LogP contribution in [0.1, 0.15) is 11.1 Å². The zero-order valence-electron chi connectivity index (χ0n) is 15.6. The highest BCUT2D eigenvalue weighted by Gasteiger charge is 2.23. The molecule has 0 atom stereocenters. The number of allylic oxidation sites excluding steroid dienone is 2. The molecule has 2 aromatic rings. The number of benzene rings is 2. The first kappa shape index (κ1) is 21.2. The van der Waals surface area contributed by atoms with Gasteiger partial charge in [0, 0.05) is 23.7 Å². The van der Waals surface area contributed by atoms with Gasteiger partial charge in [0.2, 0.25) is 10.0 Å². The van der Waals surface area contributed by atoms with Crippen LogP contribution in [0.25, 0.3) is 16.5 Å². The molecule has 0 unspecified atom stereocenters. The monoisotopic (exact) mass is 394 g/mol. The van der Waals surface area contributed by atoms with Crippen LogP contribution in [0.2, 0.25) is 0 Å². The summed E-state index contributed by atoms with van der Waals surface area (Å²) in [4.78, 5) is 2.85. The number of sulfonamides is 1. The van der Waals surface area contributed by atoms with Crippen molar-refractivity contribution >= 4 is 16.1 Å². The maximum Gasteiger partial charge on any atom is 0.243 e. The second-order valence-electron chi connectivity index (χ2n) is 6.06. The largest absolute Gasteiger partial charge is 0.243 e.